The average molecular weight is 392 g/mol. The highest BCUT2D eigenvalue weighted by atomic mass is 16.2. The zero-order valence-electron chi connectivity index (χ0n) is 16.4. The Kier molecular flexibility index (Phi) is 5.50. The number of hydrogen-bond donors (Lipinski definition) is 1. The van der Waals surface area contributed by atoms with Gasteiger partial charge in [0.05, 0.1) is 0 Å². The molecule has 2 aromatic heterocycles. The van der Waals surface area contributed by atoms with Gasteiger partial charge >= 0.3 is 0 Å². The zero-order chi connectivity index (χ0) is 20.2. The van der Waals surface area contributed by atoms with E-state index in [4.69, 9.17) is 0 Å². The molecule has 0 bridgehead atoms. The lowest BCUT2D eigenvalue weighted by Gasteiger charge is -2.26. The smallest absolute Gasteiger partial charge is 0.265 e. The average Bonchev–Trinajstić information content (AvgIpc) is 2.77. The van der Waals surface area contributed by atoms with Crippen LogP contribution in [-0.4, -0.2) is 38.5 Å². The Morgan fingerprint density at radius 2 is 1.90 bits per heavy atom. The highest BCUT2D eigenvalue weighted by Gasteiger charge is 2.22. The molecule has 1 saturated heterocycles. The lowest BCUT2D eigenvalue weighted by Crippen LogP contribution is -2.34. The number of nitrogens with zero attached hydrogens (tertiary/aromatic N) is 5. The molecule has 1 amide bonds. The maximum Gasteiger partial charge on any atom is 0.265 e. The van der Waals surface area contributed by atoms with Gasteiger partial charge in [-0.25, -0.2) is 9.97 Å². The molecule has 1 atom stereocenters. The quantitative estimate of drug-likeness (QED) is 0.718. The van der Waals surface area contributed by atoms with Crippen molar-refractivity contribution < 1.29 is 4.79 Å². The van der Waals surface area contributed by atoms with E-state index in [1.807, 2.05) is 37.3 Å². The van der Waals surface area contributed by atoms with Crippen molar-refractivity contribution in [2.45, 2.75) is 38.6 Å². The maximum atomic E-state index is 13.0. The van der Waals surface area contributed by atoms with E-state index in [2.05, 4.69) is 25.2 Å². The molecule has 1 fully saturated rings. The summed E-state index contributed by atoms with van der Waals surface area (Å²) in [5.41, 5.74) is 0.739. The van der Waals surface area contributed by atoms with Crippen molar-refractivity contribution in [3.63, 3.8) is 0 Å². The fourth-order valence-electron chi connectivity index (χ4n) is 3.65. The predicted octanol–water partition coefficient (Wildman–Crippen LogP) is 2.77. The molecule has 0 aliphatic carbocycles. The lowest BCUT2D eigenvalue weighted by atomic mass is 10.1. The van der Waals surface area contributed by atoms with Crippen LogP contribution in [0.1, 0.15) is 38.6 Å². The number of anilines is 2. The van der Waals surface area contributed by atoms with Crippen molar-refractivity contribution in [1.29, 1.82) is 0 Å². The normalized spacial score (nSPS) is 15.3. The third-order valence-electron chi connectivity index (χ3n) is 5.23. The second-order valence-corrected chi connectivity index (χ2v) is 7.19. The Labute approximate surface area is 168 Å². The summed E-state index contributed by atoms with van der Waals surface area (Å²) in [7, 11) is 0. The number of carbonyl (C=O) groups is 1. The van der Waals surface area contributed by atoms with Crippen LogP contribution in [0.15, 0.2) is 47.7 Å². The number of carbonyl (C=O) groups excluding carboxylic acids is 1. The summed E-state index contributed by atoms with van der Waals surface area (Å²) in [5.74, 6) is 0.350. The van der Waals surface area contributed by atoms with Gasteiger partial charge in [0.25, 0.3) is 5.56 Å². The Bertz CT molecular complexity index is 1060. The van der Waals surface area contributed by atoms with E-state index in [1.54, 1.807) is 0 Å². The number of benzene rings is 1. The number of nitrogens with one attached hydrogen (secondary N) is 1. The molecule has 4 rings (SSSR count). The second kappa shape index (κ2) is 8.38. The number of fused-ring (bicyclic) bond motifs is 1. The zero-order valence-corrected chi connectivity index (χ0v) is 16.4. The van der Waals surface area contributed by atoms with Crippen LogP contribution in [0.4, 0.5) is 11.6 Å². The number of para-hydroxylation sites is 1. The molecule has 8 nitrogen and oxygen atoms in total. The van der Waals surface area contributed by atoms with Gasteiger partial charge in [0.1, 0.15) is 17.8 Å². The number of piperidine rings is 1. The van der Waals surface area contributed by atoms with E-state index in [1.165, 1.54) is 23.5 Å². The summed E-state index contributed by atoms with van der Waals surface area (Å²) in [4.78, 5) is 41.1. The highest BCUT2D eigenvalue weighted by molar-refractivity contribution is 5.93. The summed E-state index contributed by atoms with van der Waals surface area (Å²) < 4.78 is 1.37. The van der Waals surface area contributed by atoms with E-state index in [0.717, 1.165) is 25.9 Å². The molecular formula is C21H24N6O2. The molecule has 8 heteroatoms. The number of rotatable bonds is 5. The molecule has 0 saturated carbocycles. The molecular weight excluding hydrogens is 368 g/mol. The van der Waals surface area contributed by atoms with Crippen molar-refractivity contribution in [2.75, 3.05) is 23.3 Å². The van der Waals surface area contributed by atoms with Gasteiger partial charge in [-0.2, -0.15) is 4.98 Å². The summed E-state index contributed by atoms with van der Waals surface area (Å²) in [6, 6.07) is 8.52. The van der Waals surface area contributed by atoms with Crippen molar-refractivity contribution in [2.24, 2.45) is 0 Å². The van der Waals surface area contributed by atoms with Gasteiger partial charge in [-0.1, -0.05) is 25.1 Å². The van der Waals surface area contributed by atoms with Crippen LogP contribution in [0.25, 0.3) is 11.0 Å². The van der Waals surface area contributed by atoms with E-state index in [0.29, 0.717) is 29.1 Å². The van der Waals surface area contributed by atoms with Gasteiger partial charge in [-0.05, 0) is 37.8 Å². The fourth-order valence-corrected chi connectivity index (χ4v) is 3.65. The lowest BCUT2D eigenvalue weighted by molar-refractivity contribution is -0.119. The third kappa shape index (κ3) is 3.96. The van der Waals surface area contributed by atoms with Crippen LogP contribution >= 0.6 is 0 Å². The molecule has 29 heavy (non-hydrogen) atoms. The Morgan fingerprint density at radius 3 is 2.62 bits per heavy atom. The van der Waals surface area contributed by atoms with Crippen molar-refractivity contribution in [1.82, 2.24) is 19.5 Å². The molecule has 1 N–H and O–H groups in total. The summed E-state index contributed by atoms with van der Waals surface area (Å²) >= 11 is 0. The van der Waals surface area contributed by atoms with Gasteiger partial charge in [0.2, 0.25) is 11.9 Å². The molecule has 3 heterocycles. The second-order valence-electron chi connectivity index (χ2n) is 7.19. The van der Waals surface area contributed by atoms with Crippen molar-refractivity contribution in [3.05, 3.63) is 53.2 Å². The first kappa shape index (κ1) is 19.0. The Morgan fingerprint density at radius 1 is 1.14 bits per heavy atom. The molecule has 0 radical (unpaired) electrons. The SMILES string of the molecule is CCC(C(=O)Nc1ccccc1)n1cnc2nc(N3CCCCC3)ncc2c1=O. The molecule has 3 aromatic rings. The van der Waals surface area contributed by atoms with Gasteiger partial charge in [-0.3, -0.25) is 14.2 Å². The largest absolute Gasteiger partial charge is 0.341 e. The number of amides is 1. The first-order chi connectivity index (χ1) is 14.2. The Balaban J connectivity index is 1.63. The highest BCUT2D eigenvalue weighted by Crippen LogP contribution is 2.18. The molecule has 1 aliphatic heterocycles. The standard InChI is InChI=1S/C21H24N6O2/c1-2-17(19(28)24-15-9-5-3-6-10-15)27-14-23-18-16(20(27)29)13-22-21(25-18)26-11-7-4-8-12-26/h3,5-6,9-10,13-14,17H,2,4,7-8,11-12H2,1H3,(H,24,28). The van der Waals surface area contributed by atoms with Crippen molar-refractivity contribution >= 4 is 28.6 Å². The third-order valence-corrected chi connectivity index (χ3v) is 5.23. The maximum absolute atomic E-state index is 13.0. The fraction of sp³-hybridized carbons (Fsp3) is 0.381. The first-order valence-corrected chi connectivity index (χ1v) is 10.0. The minimum absolute atomic E-state index is 0.257. The first-order valence-electron chi connectivity index (χ1n) is 10.0. The van der Waals surface area contributed by atoms with Crippen LogP contribution in [0.5, 0.6) is 0 Å². The molecule has 1 aromatic carbocycles. The topological polar surface area (TPSA) is 93.0 Å². The summed E-state index contributed by atoms with van der Waals surface area (Å²) in [6.45, 7) is 3.70. The van der Waals surface area contributed by atoms with E-state index >= 15 is 0 Å². The molecule has 150 valence electrons. The van der Waals surface area contributed by atoms with E-state index in [-0.39, 0.29) is 11.5 Å². The van der Waals surface area contributed by atoms with Crippen LogP contribution in [0.2, 0.25) is 0 Å². The number of hydrogen-bond acceptors (Lipinski definition) is 6. The number of aromatic nitrogens is 4. The van der Waals surface area contributed by atoms with Gasteiger partial charge in [0.15, 0.2) is 5.65 Å². The van der Waals surface area contributed by atoms with E-state index < -0.39 is 6.04 Å². The van der Waals surface area contributed by atoms with E-state index in [9.17, 15) is 9.59 Å². The van der Waals surface area contributed by atoms with Gasteiger partial charge in [0, 0.05) is 25.0 Å². The van der Waals surface area contributed by atoms with Crippen LogP contribution in [0, 0.1) is 0 Å². The minimum atomic E-state index is -0.665. The van der Waals surface area contributed by atoms with Crippen LogP contribution < -0.4 is 15.8 Å². The van der Waals surface area contributed by atoms with Crippen LogP contribution in [-0.2, 0) is 4.79 Å². The monoisotopic (exact) mass is 392 g/mol. The van der Waals surface area contributed by atoms with Gasteiger partial charge < -0.3 is 10.2 Å². The predicted molar refractivity (Wildman–Crippen MR) is 112 cm³/mol. The van der Waals surface area contributed by atoms with Crippen molar-refractivity contribution in [3.8, 4) is 0 Å². The molecule has 1 aliphatic rings. The summed E-state index contributed by atoms with van der Waals surface area (Å²) in [6.07, 6.45) is 6.85. The molecule has 0 spiro atoms. The molecule has 1 unspecified atom stereocenters. The Hall–Kier alpha value is -3.29. The summed E-state index contributed by atoms with van der Waals surface area (Å²) in [5, 5.41) is 3.17. The van der Waals surface area contributed by atoms with Gasteiger partial charge in [-0.15, -0.1) is 0 Å². The van der Waals surface area contributed by atoms with Crippen LogP contribution in [0.3, 0.4) is 0 Å². The minimum Gasteiger partial charge on any atom is -0.341 e.